The number of aromatic nitrogens is 1. The number of benzene rings is 1. The zero-order valence-corrected chi connectivity index (χ0v) is 10.2. The first-order valence-corrected chi connectivity index (χ1v) is 6.29. The van der Waals surface area contributed by atoms with Gasteiger partial charge in [0.25, 0.3) is 0 Å². The van der Waals surface area contributed by atoms with Gasteiger partial charge in [-0.05, 0) is 29.8 Å². The summed E-state index contributed by atoms with van der Waals surface area (Å²) in [4.78, 5) is 5.15. The third-order valence-electron chi connectivity index (χ3n) is 2.56. The number of nitrogens with zero attached hydrogens (tertiary/aromatic N) is 1. The molecule has 2 heterocycles. The highest BCUT2D eigenvalue weighted by atomic mass is 35.5. The maximum atomic E-state index is 12.9. The second-order valence-corrected chi connectivity index (χ2v) is 4.89. The first-order valence-electron chi connectivity index (χ1n) is 5.04. The summed E-state index contributed by atoms with van der Waals surface area (Å²) in [5.41, 5.74) is 2.05. The van der Waals surface area contributed by atoms with Crippen molar-refractivity contribution in [3.63, 3.8) is 0 Å². The SMILES string of the molecule is Fc1ccc(-c2csc3nc(Cl)ccc23)cc1. The van der Waals surface area contributed by atoms with Gasteiger partial charge in [0.1, 0.15) is 15.8 Å². The molecule has 0 spiro atoms. The van der Waals surface area contributed by atoms with Crippen molar-refractivity contribution in [2.24, 2.45) is 0 Å². The highest BCUT2D eigenvalue weighted by Gasteiger charge is 2.07. The zero-order chi connectivity index (χ0) is 11.8. The Bertz CT molecular complexity index is 675. The van der Waals surface area contributed by atoms with Gasteiger partial charge in [0, 0.05) is 16.3 Å². The van der Waals surface area contributed by atoms with Gasteiger partial charge >= 0.3 is 0 Å². The summed E-state index contributed by atoms with van der Waals surface area (Å²) in [5, 5.41) is 3.55. The molecule has 0 aliphatic rings. The van der Waals surface area contributed by atoms with Crippen LogP contribution in [0, 0.1) is 5.82 Å². The van der Waals surface area contributed by atoms with E-state index >= 15 is 0 Å². The van der Waals surface area contributed by atoms with Gasteiger partial charge in [-0.3, -0.25) is 0 Å². The van der Waals surface area contributed by atoms with Crippen LogP contribution < -0.4 is 0 Å². The van der Waals surface area contributed by atoms with Crippen LogP contribution in [0.25, 0.3) is 21.3 Å². The lowest BCUT2D eigenvalue weighted by molar-refractivity contribution is 0.628. The van der Waals surface area contributed by atoms with Crippen molar-refractivity contribution in [3.05, 3.63) is 52.7 Å². The fourth-order valence-electron chi connectivity index (χ4n) is 1.74. The number of pyridine rings is 1. The van der Waals surface area contributed by atoms with Gasteiger partial charge < -0.3 is 0 Å². The Morgan fingerprint density at radius 3 is 2.59 bits per heavy atom. The largest absolute Gasteiger partial charge is 0.225 e. The van der Waals surface area contributed by atoms with Crippen LogP contribution in [0.15, 0.2) is 41.8 Å². The summed E-state index contributed by atoms with van der Waals surface area (Å²) in [6.45, 7) is 0. The zero-order valence-electron chi connectivity index (χ0n) is 8.65. The number of hydrogen-bond acceptors (Lipinski definition) is 2. The van der Waals surface area contributed by atoms with E-state index in [1.807, 2.05) is 11.4 Å². The van der Waals surface area contributed by atoms with Gasteiger partial charge in [-0.15, -0.1) is 11.3 Å². The maximum Gasteiger partial charge on any atom is 0.130 e. The topological polar surface area (TPSA) is 12.9 Å². The average Bonchev–Trinajstić information content (AvgIpc) is 2.73. The fourth-order valence-corrected chi connectivity index (χ4v) is 2.89. The van der Waals surface area contributed by atoms with Crippen LogP contribution in [0.1, 0.15) is 0 Å². The third kappa shape index (κ3) is 1.92. The summed E-state index contributed by atoms with van der Waals surface area (Å²) in [6.07, 6.45) is 0. The predicted octanol–water partition coefficient (Wildman–Crippen LogP) is 4.76. The van der Waals surface area contributed by atoms with Crippen LogP contribution in [0.5, 0.6) is 0 Å². The Balaban J connectivity index is 2.21. The Labute approximate surface area is 106 Å². The normalized spacial score (nSPS) is 10.9. The molecule has 0 aliphatic carbocycles. The maximum absolute atomic E-state index is 12.9. The molecule has 0 unspecified atom stereocenters. The van der Waals surface area contributed by atoms with Crippen molar-refractivity contribution in [2.45, 2.75) is 0 Å². The molecule has 3 aromatic rings. The molecule has 1 nitrogen and oxygen atoms in total. The number of fused-ring (bicyclic) bond motifs is 1. The van der Waals surface area contributed by atoms with Crippen molar-refractivity contribution in [1.82, 2.24) is 4.98 Å². The van der Waals surface area contributed by atoms with Gasteiger partial charge in [0.15, 0.2) is 0 Å². The number of halogens is 2. The Kier molecular flexibility index (Phi) is 2.57. The first kappa shape index (κ1) is 10.7. The number of thiophene rings is 1. The molecule has 1 aromatic carbocycles. The molecule has 0 saturated carbocycles. The van der Waals surface area contributed by atoms with Crippen LogP contribution in [-0.4, -0.2) is 4.98 Å². The minimum atomic E-state index is -0.227. The molecular formula is C13H7ClFNS. The van der Waals surface area contributed by atoms with Crippen molar-refractivity contribution >= 4 is 33.2 Å². The van der Waals surface area contributed by atoms with E-state index in [0.29, 0.717) is 5.15 Å². The van der Waals surface area contributed by atoms with Crippen LogP contribution in [-0.2, 0) is 0 Å². The van der Waals surface area contributed by atoms with Gasteiger partial charge in [-0.1, -0.05) is 23.7 Å². The summed E-state index contributed by atoms with van der Waals surface area (Å²) in [6, 6.07) is 10.2. The highest BCUT2D eigenvalue weighted by molar-refractivity contribution is 7.17. The number of hydrogen-bond donors (Lipinski definition) is 0. The lowest BCUT2D eigenvalue weighted by Crippen LogP contribution is -1.78. The Morgan fingerprint density at radius 1 is 1.06 bits per heavy atom. The minimum Gasteiger partial charge on any atom is -0.225 e. The molecule has 0 aliphatic heterocycles. The summed E-state index contributed by atoms with van der Waals surface area (Å²) >= 11 is 7.38. The van der Waals surface area contributed by atoms with Crippen LogP contribution in [0.2, 0.25) is 5.15 Å². The molecule has 0 amide bonds. The van der Waals surface area contributed by atoms with E-state index in [-0.39, 0.29) is 5.82 Å². The van der Waals surface area contributed by atoms with Crippen LogP contribution in [0.3, 0.4) is 0 Å². The lowest BCUT2D eigenvalue weighted by Gasteiger charge is -1.99. The summed E-state index contributed by atoms with van der Waals surface area (Å²) in [7, 11) is 0. The molecule has 4 heteroatoms. The monoisotopic (exact) mass is 263 g/mol. The van der Waals surface area contributed by atoms with Gasteiger partial charge in [-0.2, -0.15) is 0 Å². The van der Waals surface area contributed by atoms with Gasteiger partial charge in [0.05, 0.1) is 0 Å². The van der Waals surface area contributed by atoms with E-state index in [0.717, 1.165) is 21.3 Å². The summed E-state index contributed by atoms with van der Waals surface area (Å²) < 4.78 is 12.9. The molecule has 0 N–H and O–H groups in total. The van der Waals surface area contributed by atoms with Gasteiger partial charge in [-0.25, -0.2) is 9.37 Å². The molecule has 2 aromatic heterocycles. The van der Waals surface area contributed by atoms with Crippen molar-refractivity contribution < 1.29 is 4.39 Å². The third-order valence-corrected chi connectivity index (χ3v) is 3.66. The summed E-state index contributed by atoms with van der Waals surface area (Å²) in [5.74, 6) is -0.227. The Morgan fingerprint density at radius 2 is 1.82 bits per heavy atom. The lowest BCUT2D eigenvalue weighted by atomic mass is 10.1. The predicted molar refractivity (Wildman–Crippen MR) is 70.0 cm³/mol. The van der Waals surface area contributed by atoms with E-state index < -0.39 is 0 Å². The van der Waals surface area contributed by atoms with Crippen molar-refractivity contribution in [1.29, 1.82) is 0 Å². The second kappa shape index (κ2) is 4.09. The van der Waals surface area contributed by atoms with E-state index in [1.54, 1.807) is 18.2 Å². The minimum absolute atomic E-state index is 0.227. The number of rotatable bonds is 1. The van der Waals surface area contributed by atoms with Gasteiger partial charge in [0.2, 0.25) is 0 Å². The quantitative estimate of drug-likeness (QED) is 0.577. The Hall–Kier alpha value is -1.45. The van der Waals surface area contributed by atoms with E-state index in [2.05, 4.69) is 4.98 Å². The van der Waals surface area contributed by atoms with Crippen molar-refractivity contribution in [2.75, 3.05) is 0 Å². The molecule has 0 saturated heterocycles. The van der Waals surface area contributed by atoms with E-state index in [9.17, 15) is 4.39 Å². The molecule has 17 heavy (non-hydrogen) atoms. The van der Waals surface area contributed by atoms with Crippen LogP contribution >= 0.6 is 22.9 Å². The highest BCUT2D eigenvalue weighted by Crippen LogP contribution is 2.33. The molecule has 0 radical (unpaired) electrons. The van der Waals surface area contributed by atoms with Crippen molar-refractivity contribution in [3.8, 4) is 11.1 Å². The molecule has 0 bridgehead atoms. The molecular weight excluding hydrogens is 257 g/mol. The standard InChI is InChI=1S/C13H7ClFNS/c14-12-6-5-10-11(7-17-13(10)16-12)8-1-3-9(15)4-2-8/h1-7H. The molecule has 0 atom stereocenters. The fraction of sp³-hybridized carbons (Fsp3) is 0. The average molecular weight is 264 g/mol. The molecule has 0 fully saturated rings. The van der Waals surface area contributed by atoms with Crippen LogP contribution in [0.4, 0.5) is 4.39 Å². The first-order chi connectivity index (χ1) is 8.24. The van der Waals surface area contributed by atoms with E-state index in [1.165, 1.54) is 23.5 Å². The second-order valence-electron chi connectivity index (χ2n) is 3.64. The van der Waals surface area contributed by atoms with E-state index in [4.69, 9.17) is 11.6 Å². The molecule has 84 valence electrons. The molecule has 3 rings (SSSR count). The smallest absolute Gasteiger partial charge is 0.130 e.